The summed E-state index contributed by atoms with van der Waals surface area (Å²) in [6, 6.07) is 7.41. The number of hydrogen-bond donors (Lipinski definition) is 2. The summed E-state index contributed by atoms with van der Waals surface area (Å²) in [4.78, 5) is 33.7. The number of hydrogen-bond acceptors (Lipinski definition) is 7. The van der Waals surface area contributed by atoms with E-state index < -0.39 is 12.1 Å². The van der Waals surface area contributed by atoms with Gasteiger partial charge in [0.2, 0.25) is 11.8 Å². The van der Waals surface area contributed by atoms with Crippen LogP contribution in [0.15, 0.2) is 34.2 Å². The molecule has 0 spiro atoms. The summed E-state index contributed by atoms with van der Waals surface area (Å²) in [5.41, 5.74) is 5.97. The Kier molecular flexibility index (Phi) is 7.74. The van der Waals surface area contributed by atoms with Gasteiger partial charge in [-0.2, -0.15) is 0 Å². The van der Waals surface area contributed by atoms with Gasteiger partial charge in [-0.3, -0.25) is 9.59 Å². The number of likely N-dealkylation sites (tertiary alicyclic amines) is 1. The molecular weight excluding hydrogens is 468 g/mol. The lowest BCUT2D eigenvalue weighted by Crippen LogP contribution is -2.50. The number of carbonyl (C=O) groups excluding carboxylic acids is 2. The fourth-order valence-electron chi connectivity index (χ4n) is 4.75. The van der Waals surface area contributed by atoms with Crippen molar-refractivity contribution >= 4 is 40.8 Å². The molecule has 4 rings (SSSR count). The molecule has 3 heterocycles. The van der Waals surface area contributed by atoms with Crippen LogP contribution in [0.5, 0.6) is 0 Å². The van der Waals surface area contributed by atoms with Gasteiger partial charge in [-0.15, -0.1) is 11.3 Å². The summed E-state index contributed by atoms with van der Waals surface area (Å²) in [6.45, 7) is 8.61. The molecule has 0 radical (unpaired) electrons. The fraction of sp³-hybridized carbons (Fsp3) is 0.520. The molecule has 2 aliphatic heterocycles. The van der Waals surface area contributed by atoms with Crippen LogP contribution in [0.25, 0.3) is 10.4 Å². The van der Waals surface area contributed by atoms with Crippen LogP contribution in [0.3, 0.4) is 0 Å². The summed E-state index contributed by atoms with van der Waals surface area (Å²) >= 11 is 3.08. The van der Waals surface area contributed by atoms with E-state index in [1.807, 2.05) is 57.5 Å². The summed E-state index contributed by atoms with van der Waals surface area (Å²) in [5.74, 6) is -0.400. The molecule has 4 atom stereocenters. The smallest absolute Gasteiger partial charge is 0.243 e. The Balaban J connectivity index is 1.40. The molecule has 1 unspecified atom stereocenters. The van der Waals surface area contributed by atoms with Crippen LogP contribution >= 0.6 is 23.3 Å². The minimum atomic E-state index is -0.691. The fourth-order valence-corrected chi connectivity index (χ4v) is 6.83. The lowest BCUT2D eigenvalue weighted by atomic mass is 9.88. The van der Waals surface area contributed by atoms with E-state index in [9.17, 15) is 14.7 Å². The minimum absolute atomic E-state index is 0.0571. The average molecular weight is 501 g/mol. The molecule has 1 saturated heterocycles. The second kappa shape index (κ2) is 10.6. The van der Waals surface area contributed by atoms with E-state index in [4.69, 9.17) is 0 Å². The first-order valence-electron chi connectivity index (χ1n) is 11.7. The number of carbonyl (C=O) groups is 2. The predicted octanol–water partition coefficient (Wildman–Crippen LogP) is 3.85. The van der Waals surface area contributed by atoms with Gasteiger partial charge in [0.25, 0.3) is 0 Å². The molecule has 1 aromatic carbocycles. The van der Waals surface area contributed by atoms with E-state index in [0.29, 0.717) is 6.54 Å². The van der Waals surface area contributed by atoms with Crippen LogP contribution in [0.2, 0.25) is 0 Å². The van der Waals surface area contributed by atoms with Crippen LogP contribution in [0.4, 0.5) is 0 Å². The van der Waals surface area contributed by atoms with Gasteiger partial charge in [-0.05, 0) is 42.8 Å². The van der Waals surface area contributed by atoms with Gasteiger partial charge < -0.3 is 15.3 Å². The Labute approximate surface area is 209 Å². The first-order chi connectivity index (χ1) is 16.2. The molecule has 34 heavy (non-hydrogen) atoms. The summed E-state index contributed by atoms with van der Waals surface area (Å²) in [7, 11) is 0. The molecule has 2 aliphatic rings. The van der Waals surface area contributed by atoms with Crippen LogP contribution < -0.4 is 5.32 Å². The number of nitrogens with zero attached hydrogens (tertiary/aromatic N) is 3. The lowest BCUT2D eigenvalue weighted by Gasteiger charge is -2.32. The zero-order valence-corrected chi connectivity index (χ0v) is 21.7. The maximum Gasteiger partial charge on any atom is 0.243 e. The standard InChI is InChI=1S/C25H32N4O3S2/c1-14(2)22(21-9-15(3)28-34-21)25(32)29-12-19(30)10-20(29)24(31)26-11-17-5-7-18(8-6-17)23-16(4)27-13-33-23/h5-8,13-14,19-22,30H,9-12H2,1-4H3,(H,26,31)/t19-,20+,21?,22-/m1/s1. The largest absolute Gasteiger partial charge is 0.391 e. The molecule has 0 bridgehead atoms. The number of aromatic nitrogens is 1. The zero-order chi connectivity index (χ0) is 24.4. The molecule has 0 saturated carbocycles. The normalized spacial score (nSPS) is 23.3. The average Bonchev–Trinajstić information content (AvgIpc) is 3.52. The number of thiazole rings is 1. The van der Waals surface area contributed by atoms with E-state index >= 15 is 0 Å². The molecule has 182 valence electrons. The maximum atomic E-state index is 13.6. The van der Waals surface area contributed by atoms with Gasteiger partial charge >= 0.3 is 0 Å². The van der Waals surface area contributed by atoms with Gasteiger partial charge in [0.1, 0.15) is 6.04 Å². The second-order valence-electron chi connectivity index (χ2n) is 9.52. The third-order valence-corrected chi connectivity index (χ3v) is 8.66. The molecule has 1 fully saturated rings. The lowest BCUT2D eigenvalue weighted by molar-refractivity contribution is -0.142. The topological polar surface area (TPSA) is 94.9 Å². The van der Waals surface area contributed by atoms with Gasteiger partial charge in [0, 0.05) is 36.9 Å². The van der Waals surface area contributed by atoms with Crippen molar-refractivity contribution in [3.8, 4) is 10.4 Å². The molecule has 2 amide bonds. The number of nitrogens with one attached hydrogen (secondary N) is 1. The first-order valence-corrected chi connectivity index (χ1v) is 13.4. The highest BCUT2D eigenvalue weighted by atomic mass is 32.2. The SMILES string of the molecule is CC1=NSC([C@H](C(=O)N2C[C@H](O)C[C@H]2C(=O)NCc2ccc(-c3scnc3C)cc2)C(C)C)C1. The monoisotopic (exact) mass is 500 g/mol. The predicted molar refractivity (Wildman–Crippen MR) is 138 cm³/mol. The van der Waals surface area contributed by atoms with Crippen molar-refractivity contribution in [2.75, 3.05) is 6.54 Å². The molecule has 7 nitrogen and oxygen atoms in total. The van der Waals surface area contributed by atoms with Crippen LogP contribution in [0.1, 0.15) is 44.9 Å². The third-order valence-electron chi connectivity index (χ3n) is 6.54. The van der Waals surface area contributed by atoms with Crippen molar-refractivity contribution in [2.24, 2.45) is 16.2 Å². The van der Waals surface area contributed by atoms with Crippen molar-refractivity contribution in [3.63, 3.8) is 0 Å². The number of β-amino-alcohol motifs (C(OH)–C–C–N with tert-alkyl or cyclic N) is 1. The molecule has 2 N–H and O–H groups in total. The van der Waals surface area contributed by atoms with Gasteiger partial charge in [-0.1, -0.05) is 38.1 Å². The van der Waals surface area contributed by atoms with Crippen molar-refractivity contribution < 1.29 is 14.7 Å². The van der Waals surface area contributed by atoms with Crippen molar-refractivity contribution in [2.45, 2.75) is 64.5 Å². The summed E-state index contributed by atoms with van der Waals surface area (Å²) in [5, 5.41) is 13.4. The van der Waals surface area contributed by atoms with Crippen molar-refractivity contribution in [1.82, 2.24) is 15.2 Å². The highest BCUT2D eigenvalue weighted by molar-refractivity contribution is 7.99. The van der Waals surface area contributed by atoms with Crippen molar-refractivity contribution in [1.29, 1.82) is 0 Å². The zero-order valence-electron chi connectivity index (χ0n) is 20.0. The summed E-state index contributed by atoms with van der Waals surface area (Å²) < 4.78 is 4.42. The highest BCUT2D eigenvalue weighted by Gasteiger charge is 2.44. The van der Waals surface area contributed by atoms with Crippen LogP contribution in [-0.4, -0.2) is 56.5 Å². The Bertz CT molecular complexity index is 1070. The molecule has 2 aromatic rings. The van der Waals surface area contributed by atoms with E-state index in [1.54, 1.807) is 16.2 Å². The number of aliphatic hydroxyl groups is 1. The van der Waals surface area contributed by atoms with E-state index in [2.05, 4.69) is 14.7 Å². The van der Waals surface area contributed by atoms with E-state index in [1.165, 1.54) is 11.9 Å². The van der Waals surface area contributed by atoms with Gasteiger partial charge in [-0.25, -0.2) is 9.38 Å². The number of rotatable bonds is 7. The Morgan fingerprint density at radius 1 is 1.24 bits per heavy atom. The van der Waals surface area contributed by atoms with Gasteiger partial charge in [0.15, 0.2) is 0 Å². The third kappa shape index (κ3) is 5.37. The first kappa shape index (κ1) is 24.9. The van der Waals surface area contributed by atoms with E-state index in [0.717, 1.165) is 33.8 Å². The molecule has 0 aliphatic carbocycles. The molecular formula is C25H32N4O3S2. The highest BCUT2D eigenvalue weighted by Crippen LogP contribution is 2.37. The Morgan fingerprint density at radius 2 is 1.97 bits per heavy atom. The van der Waals surface area contributed by atoms with Crippen LogP contribution in [-0.2, 0) is 16.1 Å². The van der Waals surface area contributed by atoms with Crippen molar-refractivity contribution in [3.05, 3.63) is 41.0 Å². The number of benzene rings is 1. The Morgan fingerprint density at radius 3 is 2.56 bits per heavy atom. The quantitative estimate of drug-likeness (QED) is 0.563. The number of aliphatic hydroxyl groups excluding tert-OH is 1. The molecule has 1 aromatic heterocycles. The second-order valence-corrected chi connectivity index (χ2v) is 11.4. The van der Waals surface area contributed by atoms with Crippen LogP contribution in [0, 0.1) is 18.8 Å². The molecule has 9 heteroatoms. The number of aryl methyl sites for hydroxylation is 1. The summed E-state index contributed by atoms with van der Waals surface area (Å²) in [6.07, 6.45) is 0.353. The maximum absolute atomic E-state index is 13.6. The van der Waals surface area contributed by atoms with Gasteiger partial charge in [0.05, 0.1) is 28.1 Å². The Hall–Kier alpha value is -2.23. The van der Waals surface area contributed by atoms with E-state index in [-0.39, 0.29) is 41.9 Å². The number of amides is 2. The minimum Gasteiger partial charge on any atom is -0.391 e.